The maximum absolute atomic E-state index is 12.4. The van der Waals surface area contributed by atoms with Crippen molar-refractivity contribution in [2.24, 2.45) is 0 Å². The standard InChI is InChI=1S/C19H22ClNOS/c1-19(2,23-17-12-10-16(20)11-13-17)18(22)21-14-6-9-15-7-4-3-5-8-15/h3-5,7-8,10-13H,6,9,14H2,1-2H3,(H,21,22). The maximum Gasteiger partial charge on any atom is 0.236 e. The Morgan fingerprint density at radius 2 is 1.74 bits per heavy atom. The first-order valence-electron chi connectivity index (χ1n) is 7.74. The van der Waals surface area contributed by atoms with E-state index in [2.05, 4.69) is 17.4 Å². The Hall–Kier alpha value is -1.45. The molecule has 0 saturated heterocycles. The fourth-order valence-corrected chi connectivity index (χ4v) is 3.35. The van der Waals surface area contributed by atoms with Crippen LogP contribution in [0.4, 0.5) is 0 Å². The van der Waals surface area contributed by atoms with Crippen molar-refractivity contribution >= 4 is 29.3 Å². The smallest absolute Gasteiger partial charge is 0.236 e. The summed E-state index contributed by atoms with van der Waals surface area (Å²) in [5.41, 5.74) is 1.30. The molecule has 2 aromatic rings. The first-order valence-corrected chi connectivity index (χ1v) is 8.93. The van der Waals surface area contributed by atoms with E-state index in [1.54, 1.807) is 11.8 Å². The van der Waals surface area contributed by atoms with Crippen LogP contribution in [0.2, 0.25) is 5.02 Å². The summed E-state index contributed by atoms with van der Waals surface area (Å²) in [6, 6.07) is 17.9. The van der Waals surface area contributed by atoms with Crippen LogP contribution in [0.1, 0.15) is 25.8 Å². The molecule has 0 aliphatic carbocycles. The van der Waals surface area contributed by atoms with Crippen molar-refractivity contribution in [2.75, 3.05) is 6.54 Å². The van der Waals surface area contributed by atoms with Crippen molar-refractivity contribution in [1.29, 1.82) is 0 Å². The van der Waals surface area contributed by atoms with Crippen LogP contribution < -0.4 is 5.32 Å². The molecule has 0 heterocycles. The molecule has 0 atom stereocenters. The second kappa shape index (κ2) is 8.42. The lowest BCUT2D eigenvalue weighted by atomic mass is 10.1. The monoisotopic (exact) mass is 347 g/mol. The van der Waals surface area contributed by atoms with Gasteiger partial charge in [-0.3, -0.25) is 4.79 Å². The highest BCUT2D eigenvalue weighted by atomic mass is 35.5. The van der Waals surface area contributed by atoms with E-state index >= 15 is 0 Å². The molecule has 4 heteroatoms. The van der Waals surface area contributed by atoms with Crippen LogP contribution in [0, 0.1) is 0 Å². The number of carbonyl (C=O) groups is 1. The highest BCUT2D eigenvalue weighted by Crippen LogP contribution is 2.33. The summed E-state index contributed by atoms with van der Waals surface area (Å²) in [5.74, 6) is 0.0607. The first-order chi connectivity index (χ1) is 11.0. The molecule has 0 aliphatic rings. The molecule has 2 aromatic carbocycles. The van der Waals surface area contributed by atoms with Crippen LogP contribution in [0.3, 0.4) is 0 Å². The van der Waals surface area contributed by atoms with Gasteiger partial charge in [0.15, 0.2) is 0 Å². The van der Waals surface area contributed by atoms with Crippen molar-refractivity contribution in [3.05, 3.63) is 65.2 Å². The zero-order chi connectivity index (χ0) is 16.7. The Morgan fingerprint density at radius 3 is 2.39 bits per heavy atom. The lowest BCUT2D eigenvalue weighted by Crippen LogP contribution is -2.40. The van der Waals surface area contributed by atoms with Crippen molar-refractivity contribution in [3.8, 4) is 0 Å². The zero-order valence-corrected chi connectivity index (χ0v) is 15.1. The third-order valence-corrected chi connectivity index (χ3v) is 4.96. The van der Waals surface area contributed by atoms with Crippen LogP contribution in [0.5, 0.6) is 0 Å². The quantitative estimate of drug-likeness (QED) is 0.566. The minimum absolute atomic E-state index is 0.0607. The second-order valence-corrected chi connectivity index (χ2v) is 8.04. The van der Waals surface area contributed by atoms with Gasteiger partial charge < -0.3 is 5.32 Å². The van der Waals surface area contributed by atoms with Gasteiger partial charge in [0.1, 0.15) is 0 Å². The van der Waals surface area contributed by atoms with Gasteiger partial charge in [-0.15, -0.1) is 11.8 Å². The molecule has 0 bridgehead atoms. The molecule has 0 radical (unpaired) electrons. The SMILES string of the molecule is CC(C)(Sc1ccc(Cl)cc1)C(=O)NCCCc1ccccc1. The van der Waals surface area contributed by atoms with E-state index in [1.165, 1.54) is 5.56 Å². The summed E-state index contributed by atoms with van der Waals surface area (Å²) in [6.07, 6.45) is 1.92. The number of hydrogen-bond acceptors (Lipinski definition) is 2. The van der Waals surface area contributed by atoms with Gasteiger partial charge in [0.25, 0.3) is 0 Å². The minimum Gasteiger partial charge on any atom is -0.355 e. The van der Waals surface area contributed by atoms with Gasteiger partial charge in [0.2, 0.25) is 5.91 Å². The van der Waals surface area contributed by atoms with Crippen LogP contribution >= 0.6 is 23.4 Å². The van der Waals surface area contributed by atoms with Crippen LogP contribution in [-0.2, 0) is 11.2 Å². The van der Waals surface area contributed by atoms with E-state index in [9.17, 15) is 4.79 Å². The summed E-state index contributed by atoms with van der Waals surface area (Å²) in [6.45, 7) is 4.58. The number of rotatable bonds is 7. The Morgan fingerprint density at radius 1 is 1.09 bits per heavy atom. The molecule has 1 N–H and O–H groups in total. The molecule has 0 aliphatic heterocycles. The molecule has 1 amide bonds. The number of carbonyl (C=O) groups excluding carboxylic acids is 1. The molecule has 23 heavy (non-hydrogen) atoms. The summed E-state index contributed by atoms with van der Waals surface area (Å²) in [4.78, 5) is 13.4. The number of thioether (sulfide) groups is 1. The largest absolute Gasteiger partial charge is 0.355 e. The van der Waals surface area contributed by atoms with Crippen molar-refractivity contribution in [2.45, 2.75) is 36.3 Å². The van der Waals surface area contributed by atoms with E-state index in [4.69, 9.17) is 11.6 Å². The van der Waals surface area contributed by atoms with Crippen molar-refractivity contribution < 1.29 is 4.79 Å². The maximum atomic E-state index is 12.4. The van der Waals surface area contributed by atoms with Gasteiger partial charge in [-0.1, -0.05) is 41.9 Å². The molecular formula is C19H22ClNOS. The predicted octanol–water partition coefficient (Wildman–Crippen LogP) is 4.96. The Kier molecular flexibility index (Phi) is 6.55. The Labute approximate surface area is 147 Å². The molecule has 0 unspecified atom stereocenters. The zero-order valence-electron chi connectivity index (χ0n) is 13.5. The van der Waals surface area contributed by atoms with E-state index in [-0.39, 0.29) is 5.91 Å². The highest BCUT2D eigenvalue weighted by molar-refractivity contribution is 8.01. The first kappa shape index (κ1) is 17.9. The lowest BCUT2D eigenvalue weighted by molar-refractivity contribution is -0.122. The fourth-order valence-electron chi connectivity index (χ4n) is 2.20. The number of halogens is 1. The molecule has 0 fully saturated rings. The van der Waals surface area contributed by atoms with E-state index in [1.807, 2.05) is 56.3 Å². The third-order valence-electron chi connectivity index (χ3n) is 3.50. The van der Waals surface area contributed by atoms with Crippen molar-refractivity contribution in [1.82, 2.24) is 5.32 Å². The number of hydrogen-bond donors (Lipinski definition) is 1. The molecule has 0 saturated carbocycles. The van der Waals surface area contributed by atoms with Gasteiger partial charge >= 0.3 is 0 Å². The average Bonchev–Trinajstić information content (AvgIpc) is 2.54. The molecule has 0 spiro atoms. The Bertz CT molecular complexity index is 626. The van der Waals surface area contributed by atoms with Crippen LogP contribution in [-0.4, -0.2) is 17.2 Å². The number of amides is 1. The predicted molar refractivity (Wildman–Crippen MR) is 99.2 cm³/mol. The molecular weight excluding hydrogens is 326 g/mol. The van der Waals surface area contributed by atoms with Gasteiger partial charge in [-0.2, -0.15) is 0 Å². The highest BCUT2D eigenvalue weighted by Gasteiger charge is 2.28. The minimum atomic E-state index is -0.513. The number of nitrogens with one attached hydrogen (secondary N) is 1. The van der Waals surface area contributed by atoms with Gasteiger partial charge in [-0.25, -0.2) is 0 Å². The molecule has 122 valence electrons. The van der Waals surface area contributed by atoms with Gasteiger partial charge in [0.05, 0.1) is 4.75 Å². The van der Waals surface area contributed by atoms with Gasteiger partial charge in [-0.05, 0) is 56.5 Å². The summed E-state index contributed by atoms with van der Waals surface area (Å²) in [5, 5.41) is 3.75. The number of benzene rings is 2. The average molecular weight is 348 g/mol. The van der Waals surface area contributed by atoms with E-state index < -0.39 is 4.75 Å². The van der Waals surface area contributed by atoms with Crippen LogP contribution in [0.25, 0.3) is 0 Å². The lowest BCUT2D eigenvalue weighted by Gasteiger charge is -2.23. The molecule has 2 rings (SSSR count). The van der Waals surface area contributed by atoms with Crippen LogP contribution in [0.15, 0.2) is 59.5 Å². The normalized spacial score (nSPS) is 11.3. The summed E-state index contributed by atoms with van der Waals surface area (Å²) < 4.78 is -0.513. The summed E-state index contributed by atoms with van der Waals surface area (Å²) >= 11 is 7.44. The number of aryl methyl sites for hydroxylation is 1. The van der Waals surface area contributed by atoms with E-state index in [0.717, 1.165) is 17.7 Å². The van der Waals surface area contributed by atoms with Gasteiger partial charge in [0, 0.05) is 16.5 Å². The second-order valence-electron chi connectivity index (χ2n) is 5.91. The van der Waals surface area contributed by atoms with Crippen molar-refractivity contribution in [3.63, 3.8) is 0 Å². The summed E-state index contributed by atoms with van der Waals surface area (Å²) in [7, 11) is 0. The van der Waals surface area contributed by atoms with E-state index in [0.29, 0.717) is 11.6 Å². The fraction of sp³-hybridized carbons (Fsp3) is 0.316. The topological polar surface area (TPSA) is 29.1 Å². The molecule has 2 nitrogen and oxygen atoms in total. The Balaban J connectivity index is 1.78. The third kappa shape index (κ3) is 5.92. The molecule has 0 aromatic heterocycles.